The Hall–Kier alpha value is -2.52. The quantitative estimate of drug-likeness (QED) is 0.537. The van der Waals surface area contributed by atoms with E-state index in [1.807, 2.05) is 6.07 Å². The Balaban J connectivity index is 1.55. The van der Waals surface area contributed by atoms with Crippen LogP contribution in [0.2, 0.25) is 0 Å². The van der Waals surface area contributed by atoms with Crippen molar-refractivity contribution in [2.45, 2.75) is 42.2 Å². The minimum Gasteiger partial charge on any atom is -0.325 e. The lowest BCUT2D eigenvalue weighted by molar-refractivity contribution is -0.117. The van der Waals surface area contributed by atoms with Crippen molar-refractivity contribution in [3.8, 4) is 11.4 Å². The first-order chi connectivity index (χ1) is 14.2. The summed E-state index contributed by atoms with van der Waals surface area (Å²) in [4.78, 5) is 17.5. The number of halogens is 1. The van der Waals surface area contributed by atoms with Crippen molar-refractivity contribution < 1.29 is 13.2 Å². The topological polar surface area (TPSA) is 105 Å². The smallest absolute Gasteiger partial charge is 0.245 e. The maximum atomic E-state index is 13.1. The van der Waals surface area contributed by atoms with E-state index in [0.717, 1.165) is 28.7 Å². The molecule has 1 aliphatic carbocycles. The standard InChI is InChI=1S/C21H21BrN4O3S/c1-21(2,30(28,29)17-10-8-15(22)9-11-17)20(27)23-16-5-3-4-14(12-16)19-24-18(25-26-19)13-6-7-13/h3-5,8-13H,6-7H2,1-2H3,(H,23,27)(H,24,25,26). The first-order valence-electron chi connectivity index (χ1n) is 9.53. The van der Waals surface area contributed by atoms with Crippen LogP contribution in [0.15, 0.2) is 57.9 Å². The van der Waals surface area contributed by atoms with Crippen LogP contribution in [0.1, 0.15) is 38.4 Å². The van der Waals surface area contributed by atoms with Crippen molar-refractivity contribution in [2.24, 2.45) is 0 Å². The molecule has 0 spiro atoms. The average molecular weight is 489 g/mol. The number of hydrogen-bond donors (Lipinski definition) is 2. The molecule has 1 fully saturated rings. The maximum Gasteiger partial charge on any atom is 0.245 e. The summed E-state index contributed by atoms with van der Waals surface area (Å²) < 4.78 is 25.2. The molecular formula is C21H21BrN4O3S. The number of rotatable bonds is 6. The van der Waals surface area contributed by atoms with Crippen molar-refractivity contribution in [1.29, 1.82) is 0 Å². The third-order valence-corrected chi connectivity index (χ3v) is 8.14. The second kappa shape index (κ2) is 7.63. The van der Waals surface area contributed by atoms with Crippen molar-refractivity contribution in [1.82, 2.24) is 15.2 Å². The Labute approximate surface area is 183 Å². The zero-order chi connectivity index (χ0) is 21.5. The van der Waals surface area contributed by atoms with Gasteiger partial charge >= 0.3 is 0 Å². The van der Waals surface area contributed by atoms with Crippen molar-refractivity contribution in [2.75, 3.05) is 5.32 Å². The van der Waals surface area contributed by atoms with Gasteiger partial charge in [0.1, 0.15) is 10.6 Å². The summed E-state index contributed by atoms with van der Waals surface area (Å²) in [6.45, 7) is 2.81. The van der Waals surface area contributed by atoms with Crippen molar-refractivity contribution in [3.05, 3.63) is 58.8 Å². The monoisotopic (exact) mass is 488 g/mol. The molecule has 1 aliphatic rings. The molecule has 0 aliphatic heterocycles. The fraction of sp³-hybridized carbons (Fsp3) is 0.286. The second-order valence-electron chi connectivity index (χ2n) is 7.82. The molecule has 3 aromatic rings. The number of sulfone groups is 1. The molecule has 156 valence electrons. The number of aromatic nitrogens is 3. The summed E-state index contributed by atoms with van der Waals surface area (Å²) in [7, 11) is -3.90. The molecule has 2 aromatic carbocycles. The van der Waals surface area contributed by atoms with Gasteiger partial charge in [-0.05, 0) is 63.1 Å². The van der Waals surface area contributed by atoms with Crippen LogP contribution in [-0.4, -0.2) is 34.3 Å². The Morgan fingerprint density at radius 2 is 1.87 bits per heavy atom. The number of benzene rings is 2. The Morgan fingerprint density at radius 1 is 1.17 bits per heavy atom. The van der Waals surface area contributed by atoms with Gasteiger partial charge in [-0.3, -0.25) is 9.89 Å². The van der Waals surface area contributed by atoms with Gasteiger partial charge in [0.05, 0.1) is 4.90 Å². The first-order valence-corrected chi connectivity index (χ1v) is 11.8. The highest BCUT2D eigenvalue weighted by Crippen LogP contribution is 2.38. The van der Waals surface area contributed by atoms with Gasteiger partial charge in [0.15, 0.2) is 15.7 Å². The average Bonchev–Trinajstić information content (AvgIpc) is 3.45. The summed E-state index contributed by atoms with van der Waals surface area (Å²) in [5.41, 5.74) is 1.22. The van der Waals surface area contributed by atoms with Crippen LogP contribution >= 0.6 is 15.9 Å². The fourth-order valence-electron chi connectivity index (χ4n) is 2.99. The van der Waals surface area contributed by atoms with E-state index in [1.54, 1.807) is 30.3 Å². The lowest BCUT2D eigenvalue weighted by Crippen LogP contribution is -2.44. The Morgan fingerprint density at radius 3 is 2.53 bits per heavy atom. The zero-order valence-electron chi connectivity index (χ0n) is 16.5. The van der Waals surface area contributed by atoms with Crippen molar-refractivity contribution >= 4 is 37.4 Å². The third-order valence-electron chi connectivity index (χ3n) is 5.19. The minimum atomic E-state index is -3.90. The summed E-state index contributed by atoms with van der Waals surface area (Å²) in [6.07, 6.45) is 2.24. The highest BCUT2D eigenvalue weighted by Gasteiger charge is 2.42. The van der Waals surface area contributed by atoms with Crippen LogP contribution in [0, 0.1) is 0 Å². The van der Waals surface area contributed by atoms with E-state index in [-0.39, 0.29) is 4.90 Å². The number of anilines is 1. The highest BCUT2D eigenvalue weighted by atomic mass is 79.9. The van der Waals surface area contributed by atoms with Gasteiger partial charge in [-0.2, -0.15) is 5.10 Å². The van der Waals surface area contributed by atoms with Gasteiger partial charge in [0.25, 0.3) is 0 Å². The Bertz CT molecular complexity index is 1200. The number of carbonyl (C=O) groups excluding carboxylic acids is 1. The fourth-order valence-corrected chi connectivity index (χ4v) is 4.63. The van der Waals surface area contributed by atoms with Gasteiger partial charge in [0.2, 0.25) is 5.91 Å². The molecule has 9 heteroatoms. The number of H-pyrrole nitrogens is 1. The Kier molecular flexibility index (Phi) is 5.27. The van der Waals surface area contributed by atoms with E-state index >= 15 is 0 Å². The third kappa shape index (κ3) is 3.91. The second-order valence-corrected chi connectivity index (χ2v) is 11.2. The van der Waals surface area contributed by atoms with E-state index in [1.165, 1.54) is 26.0 Å². The van der Waals surface area contributed by atoms with Gasteiger partial charge in [0, 0.05) is 21.6 Å². The molecule has 1 saturated carbocycles. The maximum absolute atomic E-state index is 13.1. The molecule has 30 heavy (non-hydrogen) atoms. The van der Waals surface area contributed by atoms with Gasteiger partial charge in [-0.1, -0.05) is 28.1 Å². The number of nitrogens with zero attached hydrogens (tertiary/aromatic N) is 2. The van der Waals surface area contributed by atoms with Crippen LogP contribution in [-0.2, 0) is 14.6 Å². The normalized spacial score (nSPS) is 14.5. The summed E-state index contributed by atoms with van der Waals surface area (Å²) in [6, 6.07) is 13.3. The van der Waals surface area contributed by atoms with E-state index < -0.39 is 20.5 Å². The van der Waals surface area contributed by atoms with E-state index in [0.29, 0.717) is 17.4 Å². The molecule has 0 atom stereocenters. The number of carbonyl (C=O) groups is 1. The van der Waals surface area contributed by atoms with E-state index in [4.69, 9.17) is 0 Å². The molecule has 1 heterocycles. The SMILES string of the molecule is CC(C)(C(=O)Nc1cccc(-c2n[nH]c(C3CC3)n2)c1)S(=O)(=O)c1ccc(Br)cc1. The predicted octanol–water partition coefficient (Wildman–Crippen LogP) is 4.30. The first kappa shape index (κ1) is 20.7. The molecule has 1 aromatic heterocycles. The molecule has 0 bridgehead atoms. The number of nitrogens with one attached hydrogen (secondary N) is 2. The molecule has 1 amide bonds. The van der Waals surface area contributed by atoms with Crippen LogP contribution in [0.3, 0.4) is 0 Å². The van der Waals surface area contributed by atoms with Gasteiger partial charge in [-0.15, -0.1) is 0 Å². The minimum absolute atomic E-state index is 0.0907. The van der Waals surface area contributed by atoms with Crippen LogP contribution in [0.4, 0.5) is 5.69 Å². The molecule has 0 radical (unpaired) electrons. The van der Waals surface area contributed by atoms with Crippen LogP contribution in [0.25, 0.3) is 11.4 Å². The summed E-state index contributed by atoms with van der Waals surface area (Å²) >= 11 is 3.29. The van der Waals surface area contributed by atoms with Crippen molar-refractivity contribution in [3.63, 3.8) is 0 Å². The van der Waals surface area contributed by atoms with Gasteiger partial charge in [-0.25, -0.2) is 13.4 Å². The molecule has 0 unspecified atom stereocenters. The van der Waals surface area contributed by atoms with E-state index in [9.17, 15) is 13.2 Å². The van der Waals surface area contributed by atoms with E-state index in [2.05, 4.69) is 36.4 Å². The number of hydrogen-bond acceptors (Lipinski definition) is 5. The molecule has 0 saturated heterocycles. The predicted molar refractivity (Wildman–Crippen MR) is 118 cm³/mol. The molecule has 4 rings (SSSR count). The van der Waals surface area contributed by atoms with Crippen LogP contribution in [0.5, 0.6) is 0 Å². The molecule has 2 N–H and O–H groups in total. The summed E-state index contributed by atoms with van der Waals surface area (Å²) in [5.74, 6) is 1.27. The number of amides is 1. The lowest BCUT2D eigenvalue weighted by Gasteiger charge is -2.24. The number of aromatic amines is 1. The summed E-state index contributed by atoms with van der Waals surface area (Å²) in [5, 5.41) is 9.94. The molecule has 7 nitrogen and oxygen atoms in total. The van der Waals surface area contributed by atoms with Crippen LogP contribution < -0.4 is 5.32 Å². The lowest BCUT2D eigenvalue weighted by atomic mass is 10.1. The largest absolute Gasteiger partial charge is 0.325 e. The highest BCUT2D eigenvalue weighted by molar-refractivity contribution is 9.10. The molecular weight excluding hydrogens is 468 g/mol. The van der Waals surface area contributed by atoms with Gasteiger partial charge < -0.3 is 5.32 Å². The zero-order valence-corrected chi connectivity index (χ0v) is 18.9.